The molecule has 0 bridgehead atoms. The summed E-state index contributed by atoms with van der Waals surface area (Å²) >= 11 is 0. The zero-order valence-electron chi connectivity index (χ0n) is 34.7. The number of amides is 5. The molecule has 0 aliphatic heterocycles. The molecule has 0 saturated carbocycles. The maximum Gasteiger partial charge on any atom is 0.407 e. The third kappa shape index (κ3) is 12.0. The van der Waals surface area contributed by atoms with Gasteiger partial charge in [0.05, 0.1) is 6.04 Å². The van der Waals surface area contributed by atoms with Gasteiger partial charge in [-0.1, -0.05) is 78.9 Å². The van der Waals surface area contributed by atoms with Gasteiger partial charge in [0.15, 0.2) is 11.7 Å². The van der Waals surface area contributed by atoms with Crippen molar-refractivity contribution in [2.75, 3.05) is 13.2 Å². The zero-order chi connectivity index (χ0) is 44.8. The first-order valence-corrected chi connectivity index (χ1v) is 20.5. The molecular formula is C46H55N9O7. The Bertz CT molecular complexity index is 2270. The molecule has 16 nitrogen and oxygen atoms in total. The number of rotatable bonds is 23. The molecule has 5 rings (SSSR count). The van der Waals surface area contributed by atoms with Crippen LogP contribution in [0.4, 0.5) is 4.79 Å². The number of aliphatic imine (C=N–C) groups is 1. The predicted octanol–water partition coefficient (Wildman–Crippen LogP) is 3.36. The number of nitrogens with two attached hydrogens (primary N) is 3. The summed E-state index contributed by atoms with van der Waals surface area (Å²) in [6.07, 6.45) is 4.13. The van der Waals surface area contributed by atoms with Crippen molar-refractivity contribution < 1.29 is 33.5 Å². The molecule has 0 unspecified atom stereocenters. The summed E-state index contributed by atoms with van der Waals surface area (Å²) in [5.41, 5.74) is 22.2. The third-order valence-electron chi connectivity index (χ3n) is 10.8. The van der Waals surface area contributed by atoms with E-state index in [2.05, 4.69) is 44.4 Å². The number of nitrogens with one attached hydrogen (secondary N) is 5. The van der Waals surface area contributed by atoms with Gasteiger partial charge in [0.25, 0.3) is 0 Å². The van der Waals surface area contributed by atoms with E-state index in [1.807, 2.05) is 72.8 Å². The topological polar surface area (TPSA) is 266 Å². The van der Waals surface area contributed by atoms with E-state index in [0.717, 1.165) is 38.7 Å². The number of nitrogens with zero attached hydrogens (tertiary/aromatic N) is 1. The summed E-state index contributed by atoms with van der Waals surface area (Å²) in [7, 11) is 0. The van der Waals surface area contributed by atoms with Gasteiger partial charge in [-0.2, -0.15) is 0 Å². The minimum atomic E-state index is -1.17. The van der Waals surface area contributed by atoms with Crippen molar-refractivity contribution in [2.45, 2.75) is 75.5 Å². The number of para-hydroxylation sites is 1. The lowest BCUT2D eigenvalue weighted by Gasteiger charge is -2.25. The number of guanidine groups is 1. The average Bonchev–Trinajstić information content (AvgIpc) is 3.81. The van der Waals surface area contributed by atoms with E-state index in [4.69, 9.17) is 21.9 Å². The highest BCUT2D eigenvalue weighted by molar-refractivity contribution is 5.97. The first kappa shape index (κ1) is 45.8. The summed E-state index contributed by atoms with van der Waals surface area (Å²) < 4.78 is 5.66. The molecule has 3 aromatic carbocycles. The van der Waals surface area contributed by atoms with Gasteiger partial charge in [-0.15, -0.1) is 13.2 Å². The van der Waals surface area contributed by atoms with Crippen molar-refractivity contribution >= 4 is 52.4 Å². The van der Waals surface area contributed by atoms with Crippen LogP contribution in [-0.4, -0.2) is 83.8 Å². The van der Waals surface area contributed by atoms with Crippen molar-refractivity contribution in [1.29, 1.82) is 0 Å². The molecule has 0 radical (unpaired) electrons. The van der Waals surface area contributed by atoms with E-state index < -0.39 is 65.6 Å². The molecule has 1 aromatic heterocycles. The van der Waals surface area contributed by atoms with Crippen molar-refractivity contribution in [3.63, 3.8) is 0 Å². The number of hydrogen-bond acceptors (Lipinski definition) is 8. The molecule has 1 aliphatic carbocycles. The highest BCUT2D eigenvalue weighted by atomic mass is 16.5. The predicted molar refractivity (Wildman–Crippen MR) is 237 cm³/mol. The number of primary amides is 1. The molecule has 326 valence electrons. The Hall–Kier alpha value is -7.23. The monoisotopic (exact) mass is 845 g/mol. The summed E-state index contributed by atoms with van der Waals surface area (Å²) in [4.78, 5) is 87.6. The number of ketones is 1. The van der Waals surface area contributed by atoms with Crippen molar-refractivity contribution in [3.05, 3.63) is 121 Å². The minimum Gasteiger partial charge on any atom is -0.449 e. The minimum absolute atomic E-state index is 0.0299. The molecule has 1 aliphatic rings. The fourth-order valence-electron chi connectivity index (χ4n) is 7.58. The Balaban J connectivity index is 1.27. The maximum absolute atomic E-state index is 14.3. The number of fused-ring (bicyclic) bond motifs is 4. The van der Waals surface area contributed by atoms with Gasteiger partial charge < -0.3 is 48.2 Å². The molecule has 0 spiro atoms. The molecule has 0 saturated heterocycles. The standard InChI is InChI=1S/C46H55N9O7/c1-4-13-37(41(47)57)53-43(59)28(15-12-22-50-45(48)49)24-40(56)39(23-29-25-51-36-21-11-10-16-30(29)36)54-42(58)27(3)52-44(60)38(14-5-2)55-46(61)62-26-35-33-19-8-6-17-31(33)32-18-7-9-20-34(32)35/h4-11,16-21,25,27-28,35,37-39,51H,1-2,12-15,22-24,26H2,3H3,(H2,47,57)(H,52,60)(H,53,59)(H,54,58)(H,55,61)(H4,48,49,50)/t27-,28+,37-,38-,39-/m0/s1. The molecule has 1 heterocycles. The number of aromatic nitrogens is 1. The molecule has 16 heteroatoms. The van der Waals surface area contributed by atoms with Crippen molar-refractivity contribution in [2.24, 2.45) is 28.1 Å². The fraction of sp³-hybridized carbons (Fsp3) is 0.326. The lowest BCUT2D eigenvalue weighted by molar-refractivity contribution is -0.134. The third-order valence-corrected chi connectivity index (χ3v) is 10.8. The number of carbonyl (C=O) groups excluding carboxylic acids is 6. The van der Waals surface area contributed by atoms with Gasteiger partial charge in [0, 0.05) is 48.3 Å². The van der Waals surface area contributed by atoms with Gasteiger partial charge in [-0.05, 0) is 66.5 Å². The number of carbonyl (C=O) groups is 6. The van der Waals surface area contributed by atoms with Crippen molar-refractivity contribution in [1.82, 2.24) is 26.3 Å². The summed E-state index contributed by atoms with van der Waals surface area (Å²) in [6, 6.07) is 18.8. The Morgan fingerprint density at radius 1 is 0.774 bits per heavy atom. The van der Waals surface area contributed by atoms with Crippen LogP contribution in [0.25, 0.3) is 22.0 Å². The van der Waals surface area contributed by atoms with Crippen LogP contribution >= 0.6 is 0 Å². The van der Waals surface area contributed by atoms with Crippen molar-refractivity contribution in [3.8, 4) is 11.1 Å². The van der Waals surface area contributed by atoms with Crippen LogP contribution < -0.4 is 38.5 Å². The van der Waals surface area contributed by atoms with Gasteiger partial charge >= 0.3 is 6.09 Å². The second-order valence-electron chi connectivity index (χ2n) is 15.2. The first-order chi connectivity index (χ1) is 29.8. The van der Waals surface area contributed by atoms with E-state index in [1.54, 1.807) is 6.20 Å². The summed E-state index contributed by atoms with van der Waals surface area (Å²) in [5, 5.41) is 11.5. The second-order valence-corrected chi connectivity index (χ2v) is 15.2. The van der Waals surface area contributed by atoms with Crippen LogP contribution in [0.2, 0.25) is 0 Å². The zero-order valence-corrected chi connectivity index (χ0v) is 34.7. The van der Waals surface area contributed by atoms with Crippen LogP contribution in [0.5, 0.6) is 0 Å². The highest BCUT2D eigenvalue weighted by Crippen LogP contribution is 2.44. The SMILES string of the molecule is C=CC[C@H](NC(=O)[C@H](CCCN=C(N)N)CC(=O)[C@H](Cc1c[nH]c2ccccc12)NC(=O)[C@H](C)NC(=O)[C@H](CC=C)NC(=O)OCC1c2ccccc2-c2ccccc21)C(N)=O. The number of hydrogen-bond donors (Lipinski definition) is 8. The van der Waals surface area contributed by atoms with Gasteiger partial charge in [-0.25, -0.2) is 4.79 Å². The average molecular weight is 846 g/mol. The van der Waals surface area contributed by atoms with Crippen LogP contribution in [0.15, 0.2) is 109 Å². The molecule has 11 N–H and O–H groups in total. The normalized spacial score (nSPS) is 14.1. The lowest BCUT2D eigenvalue weighted by Crippen LogP contribution is -2.55. The number of benzene rings is 3. The van der Waals surface area contributed by atoms with E-state index in [9.17, 15) is 28.8 Å². The number of ether oxygens (including phenoxy) is 1. The molecule has 5 atom stereocenters. The number of aromatic amines is 1. The lowest BCUT2D eigenvalue weighted by atomic mass is 9.90. The largest absolute Gasteiger partial charge is 0.449 e. The van der Waals surface area contributed by atoms with E-state index in [1.165, 1.54) is 19.1 Å². The summed E-state index contributed by atoms with van der Waals surface area (Å²) in [5.74, 6) is -4.49. The molecule has 5 amide bonds. The van der Waals surface area contributed by atoms with Crippen LogP contribution in [0.1, 0.15) is 61.6 Å². The Morgan fingerprint density at radius 3 is 2.03 bits per heavy atom. The van der Waals surface area contributed by atoms with E-state index in [0.29, 0.717) is 6.42 Å². The quantitative estimate of drug-likeness (QED) is 0.0235. The van der Waals surface area contributed by atoms with Gasteiger partial charge in [-0.3, -0.25) is 29.0 Å². The molecule has 4 aromatic rings. The van der Waals surface area contributed by atoms with E-state index in [-0.39, 0.29) is 57.1 Å². The van der Waals surface area contributed by atoms with Crippen LogP contribution in [0, 0.1) is 5.92 Å². The Morgan fingerprint density at radius 2 is 1.39 bits per heavy atom. The Kier molecular flexibility index (Phi) is 16.2. The maximum atomic E-state index is 14.3. The van der Waals surface area contributed by atoms with Crippen LogP contribution in [-0.2, 0) is 35.1 Å². The number of H-pyrrole nitrogens is 1. The van der Waals surface area contributed by atoms with Gasteiger partial charge in [0.2, 0.25) is 23.6 Å². The first-order valence-electron chi connectivity index (χ1n) is 20.5. The second kappa shape index (κ2) is 21.9. The number of alkyl carbamates (subject to hydrolysis) is 1. The molecule has 62 heavy (non-hydrogen) atoms. The van der Waals surface area contributed by atoms with Crippen LogP contribution in [0.3, 0.4) is 0 Å². The molecule has 0 fully saturated rings. The highest BCUT2D eigenvalue weighted by Gasteiger charge is 2.33. The summed E-state index contributed by atoms with van der Waals surface area (Å²) in [6.45, 7) is 8.99. The smallest absolute Gasteiger partial charge is 0.407 e. The number of Topliss-reactive ketones (excluding diaryl/α,β-unsaturated/α-hetero) is 1. The van der Waals surface area contributed by atoms with Gasteiger partial charge in [0.1, 0.15) is 24.7 Å². The van der Waals surface area contributed by atoms with E-state index >= 15 is 0 Å². The molecular weight excluding hydrogens is 791 g/mol. The fourth-order valence-corrected chi connectivity index (χ4v) is 7.58. The Labute approximate surface area is 360 Å².